The molecule has 0 aliphatic rings. The first-order chi connectivity index (χ1) is 24.3. The van der Waals surface area contributed by atoms with Gasteiger partial charge in [-0.05, 0) is 78.5 Å². The summed E-state index contributed by atoms with van der Waals surface area (Å²) >= 11 is 0. The minimum Gasteiger partial charge on any atom is -0.304 e. The molecule has 4 nitrogen and oxygen atoms in total. The molecule has 228 valence electrons. The van der Waals surface area contributed by atoms with E-state index in [2.05, 4.69) is 151 Å². The van der Waals surface area contributed by atoms with Crippen LogP contribution in [-0.4, -0.2) is 19.4 Å². The average Bonchev–Trinajstić information content (AvgIpc) is 3.62. The van der Waals surface area contributed by atoms with Gasteiger partial charge in [-0.2, -0.15) is 0 Å². The van der Waals surface area contributed by atoms with Crippen molar-refractivity contribution in [2.45, 2.75) is 0 Å². The Morgan fingerprint density at radius 3 is 1.59 bits per heavy atom. The van der Waals surface area contributed by atoms with Crippen LogP contribution in [0.1, 0.15) is 0 Å². The fourth-order valence-corrected chi connectivity index (χ4v) is 7.32. The van der Waals surface area contributed by atoms with E-state index in [0.717, 1.165) is 45.0 Å². The summed E-state index contributed by atoms with van der Waals surface area (Å²) in [5.41, 5.74) is 9.15. The molecule has 10 aromatic rings. The maximum Gasteiger partial charge on any atom is 0.155 e. The third-order valence-corrected chi connectivity index (χ3v) is 9.69. The van der Waals surface area contributed by atoms with E-state index in [4.69, 9.17) is 9.97 Å². The third-order valence-electron chi connectivity index (χ3n) is 9.69. The summed E-state index contributed by atoms with van der Waals surface area (Å²) in [6, 6.07) is 52.4. The molecule has 0 spiro atoms. The van der Waals surface area contributed by atoms with Crippen LogP contribution in [0.2, 0.25) is 0 Å². The van der Waals surface area contributed by atoms with Crippen molar-refractivity contribution in [3.8, 4) is 44.9 Å². The van der Waals surface area contributed by atoms with E-state index < -0.39 is 0 Å². The van der Waals surface area contributed by atoms with E-state index in [9.17, 15) is 0 Å². The van der Waals surface area contributed by atoms with Gasteiger partial charge in [0.25, 0.3) is 0 Å². The maximum atomic E-state index is 5.41. The molecule has 0 amide bonds. The highest BCUT2D eigenvalue weighted by Crippen LogP contribution is 2.40. The van der Waals surface area contributed by atoms with E-state index in [0.29, 0.717) is 0 Å². The number of pyridine rings is 1. The first-order valence-electron chi connectivity index (χ1n) is 16.5. The summed E-state index contributed by atoms with van der Waals surface area (Å²) in [6.45, 7) is 0. The predicted molar refractivity (Wildman–Crippen MR) is 203 cm³/mol. The molecule has 0 N–H and O–H groups in total. The highest BCUT2D eigenvalue weighted by molar-refractivity contribution is 6.15. The smallest absolute Gasteiger partial charge is 0.155 e. The Bertz CT molecular complexity index is 2710. The Morgan fingerprint density at radius 1 is 0.408 bits per heavy atom. The van der Waals surface area contributed by atoms with Crippen LogP contribution in [0.5, 0.6) is 0 Å². The normalized spacial score (nSPS) is 11.7. The van der Waals surface area contributed by atoms with Gasteiger partial charge in [-0.25, -0.2) is 9.97 Å². The first kappa shape index (κ1) is 27.5. The lowest BCUT2D eigenvalue weighted by Gasteiger charge is -2.16. The van der Waals surface area contributed by atoms with E-state index in [-0.39, 0.29) is 0 Å². The Balaban J connectivity index is 1.22. The van der Waals surface area contributed by atoms with Crippen LogP contribution in [0.3, 0.4) is 0 Å². The second kappa shape index (κ2) is 11.0. The fourth-order valence-electron chi connectivity index (χ4n) is 7.32. The SMILES string of the molecule is c1ccc2c(c1)cc(-c1cc(-c3ccc(-c4cn5ccncc5n4)cc3)nc(-c3cc4ccccc4c4ccccc34)c1)c1ccccc12. The number of hydrogen-bond donors (Lipinski definition) is 0. The molecule has 0 aliphatic carbocycles. The summed E-state index contributed by atoms with van der Waals surface area (Å²) in [6.07, 6.45) is 7.51. The number of imidazole rings is 1. The Morgan fingerprint density at radius 2 is 0.939 bits per heavy atom. The Hall–Kier alpha value is -6.65. The topological polar surface area (TPSA) is 43.1 Å². The van der Waals surface area contributed by atoms with Crippen molar-refractivity contribution in [1.29, 1.82) is 0 Å². The van der Waals surface area contributed by atoms with Gasteiger partial charge in [-0.3, -0.25) is 4.98 Å². The predicted octanol–water partition coefficient (Wildman–Crippen LogP) is 11.4. The zero-order valence-electron chi connectivity index (χ0n) is 26.5. The van der Waals surface area contributed by atoms with Gasteiger partial charge < -0.3 is 4.40 Å². The maximum absolute atomic E-state index is 5.41. The van der Waals surface area contributed by atoms with Crippen molar-refractivity contribution in [3.05, 3.63) is 170 Å². The number of nitrogens with zero attached hydrogens (tertiary/aromatic N) is 4. The van der Waals surface area contributed by atoms with Crippen molar-refractivity contribution in [2.75, 3.05) is 0 Å². The van der Waals surface area contributed by atoms with Gasteiger partial charge in [-0.1, -0.05) is 121 Å². The summed E-state index contributed by atoms with van der Waals surface area (Å²) in [5, 5.41) is 9.83. The van der Waals surface area contributed by atoms with Crippen LogP contribution in [0.25, 0.3) is 93.6 Å². The van der Waals surface area contributed by atoms with Crippen molar-refractivity contribution in [3.63, 3.8) is 0 Å². The molecule has 0 atom stereocenters. The van der Waals surface area contributed by atoms with Crippen molar-refractivity contribution < 1.29 is 0 Å². The molecule has 0 bridgehead atoms. The summed E-state index contributed by atoms with van der Waals surface area (Å²) in [4.78, 5) is 14.4. The van der Waals surface area contributed by atoms with E-state index in [1.54, 1.807) is 12.4 Å². The van der Waals surface area contributed by atoms with Gasteiger partial charge in [-0.15, -0.1) is 0 Å². The molecule has 7 aromatic carbocycles. The largest absolute Gasteiger partial charge is 0.304 e. The Kier molecular flexibility index (Phi) is 6.15. The monoisotopic (exact) mass is 624 g/mol. The van der Waals surface area contributed by atoms with Gasteiger partial charge in [0, 0.05) is 35.3 Å². The molecule has 0 saturated heterocycles. The molecule has 3 aromatic heterocycles. The second-order valence-corrected chi connectivity index (χ2v) is 12.6. The van der Waals surface area contributed by atoms with Crippen LogP contribution in [0, 0.1) is 0 Å². The van der Waals surface area contributed by atoms with Gasteiger partial charge in [0.1, 0.15) is 0 Å². The van der Waals surface area contributed by atoms with Crippen molar-refractivity contribution in [2.24, 2.45) is 0 Å². The number of hydrogen-bond acceptors (Lipinski definition) is 3. The number of aromatic nitrogens is 4. The molecule has 0 aliphatic heterocycles. The highest BCUT2D eigenvalue weighted by atomic mass is 15.0. The van der Waals surface area contributed by atoms with E-state index in [1.165, 1.54) is 48.7 Å². The lowest BCUT2D eigenvalue weighted by atomic mass is 9.90. The van der Waals surface area contributed by atoms with Gasteiger partial charge in [0.15, 0.2) is 5.65 Å². The van der Waals surface area contributed by atoms with Crippen molar-refractivity contribution >= 4 is 48.7 Å². The van der Waals surface area contributed by atoms with Gasteiger partial charge in [0.2, 0.25) is 0 Å². The second-order valence-electron chi connectivity index (χ2n) is 12.6. The third kappa shape index (κ3) is 4.57. The highest BCUT2D eigenvalue weighted by Gasteiger charge is 2.16. The van der Waals surface area contributed by atoms with Crippen LogP contribution in [0.15, 0.2) is 170 Å². The molecule has 0 unspecified atom stereocenters. The van der Waals surface area contributed by atoms with Gasteiger partial charge in [0.05, 0.1) is 23.3 Å². The zero-order valence-corrected chi connectivity index (χ0v) is 26.5. The number of fused-ring (bicyclic) bond motifs is 7. The average molecular weight is 625 g/mol. The standard InChI is InChI=1S/C45H28N4/c1-3-11-34-31(9-1)23-40(38-15-7-5-13-36(34)38)33-25-42(29-17-19-30(20-18-29)44-28-49-22-21-46-27-45(49)48-44)47-43(26-33)41-24-32-10-2-4-12-35(32)37-14-6-8-16-39(37)41/h1-28H. The molecule has 0 saturated carbocycles. The molecule has 49 heavy (non-hydrogen) atoms. The lowest BCUT2D eigenvalue weighted by molar-refractivity contribution is 1.13. The molecular weight excluding hydrogens is 597 g/mol. The molecule has 10 rings (SSSR count). The molecule has 0 radical (unpaired) electrons. The summed E-state index contributed by atoms with van der Waals surface area (Å²) in [5.74, 6) is 0. The van der Waals surface area contributed by atoms with Crippen molar-refractivity contribution in [1.82, 2.24) is 19.4 Å². The minimum atomic E-state index is 0.825. The molecule has 0 fully saturated rings. The van der Waals surface area contributed by atoms with Gasteiger partial charge >= 0.3 is 0 Å². The van der Waals surface area contributed by atoms with Crippen LogP contribution in [0.4, 0.5) is 0 Å². The fraction of sp³-hybridized carbons (Fsp3) is 0. The number of benzene rings is 7. The van der Waals surface area contributed by atoms with E-state index >= 15 is 0 Å². The molecule has 4 heteroatoms. The van der Waals surface area contributed by atoms with Crippen LogP contribution >= 0.6 is 0 Å². The number of rotatable bonds is 4. The summed E-state index contributed by atoms with van der Waals surface area (Å²) < 4.78 is 2.00. The summed E-state index contributed by atoms with van der Waals surface area (Å²) in [7, 11) is 0. The quantitative estimate of drug-likeness (QED) is 0.183. The lowest BCUT2D eigenvalue weighted by Crippen LogP contribution is -1.94. The Labute approximate surface area is 282 Å². The zero-order chi connectivity index (χ0) is 32.3. The first-order valence-corrected chi connectivity index (χ1v) is 16.5. The van der Waals surface area contributed by atoms with Crippen LogP contribution < -0.4 is 0 Å². The molecule has 3 heterocycles. The van der Waals surface area contributed by atoms with Crippen LogP contribution in [-0.2, 0) is 0 Å². The van der Waals surface area contributed by atoms with E-state index in [1.807, 2.05) is 16.8 Å². The molecular formula is C45H28N4. The minimum absolute atomic E-state index is 0.825.